The van der Waals surface area contributed by atoms with Crippen molar-refractivity contribution >= 4 is 11.7 Å². The molecule has 1 heterocycles. The summed E-state index contributed by atoms with van der Waals surface area (Å²) in [5, 5.41) is 20.3. The Hall–Kier alpha value is -1.96. The molecule has 1 fully saturated rings. The van der Waals surface area contributed by atoms with Crippen LogP contribution in [-0.4, -0.2) is 16.9 Å². The van der Waals surface area contributed by atoms with E-state index in [1.54, 1.807) is 6.20 Å². The lowest BCUT2D eigenvalue weighted by atomic mass is 10.1. The molecule has 5 N–H and O–H groups in total. The third-order valence-corrected chi connectivity index (χ3v) is 3.48. The normalized spacial score (nSPS) is 16.8. The molecule has 2 rings (SSSR count). The molecule has 1 aliphatic carbocycles. The van der Waals surface area contributed by atoms with Crippen LogP contribution in [0.3, 0.4) is 0 Å². The zero-order chi connectivity index (χ0) is 13.0. The molecule has 96 valence electrons. The number of nitriles is 1. The third kappa shape index (κ3) is 2.65. The van der Waals surface area contributed by atoms with E-state index in [1.165, 1.54) is 25.7 Å². The second kappa shape index (κ2) is 5.58. The fraction of sp³-hybridized carbons (Fsp3) is 0.538. The summed E-state index contributed by atoms with van der Waals surface area (Å²) in [6.45, 7) is 0. The molecule has 0 saturated heterocycles. The maximum Gasteiger partial charge on any atom is 0.130 e. The molecule has 0 atom stereocenters. The number of hydrogen-bond acceptors (Lipinski definition) is 3. The molecule has 0 spiro atoms. The van der Waals surface area contributed by atoms with E-state index < -0.39 is 0 Å². The Balaban J connectivity index is 2.07. The quantitative estimate of drug-likeness (QED) is 0.364. The number of rotatable bonds is 2. The molecule has 0 bridgehead atoms. The second-order valence-electron chi connectivity index (χ2n) is 4.81. The van der Waals surface area contributed by atoms with Gasteiger partial charge in [-0.3, -0.25) is 5.41 Å². The van der Waals surface area contributed by atoms with Crippen LogP contribution in [0, 0.1) is 16.7 Å². The molecule has 1 aromatic heterocycles. The summed E-state index contributed by atoms with van der Waals surface area (Å²) in [4.78, 5) is 2.79. The van der Waals surface area contributed by atoms with E-state index in [-0.39, 0.29) is 5.84 Å². The Labute approximate surface area is 107 Å². The number of aromatic amines is 1. The highest BCUT2D eigenvalue weighted by molar-refractivity contribution is 6.02. The largest absolute Gasteiger partial charge is 0.385 e. The first-order valence-electron chi connectivity index (χ1n) is 6.44. The van der Waals surface area contributed by atoms with Crippen molar-refractivity contribution in [2.24, 2.45) is 0 Å². The Kier molecular flexibility index (Phi) is 3.88. The van der Waals surface area contributed by atoms with Crippen molar-refractivity contribution in [1.82, 2.24) is 10.3 Å². The average Bonchev–Trinajstić information content (AvgIpc) is 2.57. The van der Waals surface area contributed by atoms with E-state index >= 15 is 0 Å². The van der Waals surface area contributed by atoms with Crippen molar-refractivity contribution in [3.05, 3.63) is 17.3 Å². The van der Waals surface area contributed by atoms with Crippen LogP contribution in [0.5, 0.6) is 0 Å². The van der Waals surface area contributed by atoms with Crippen LogP contribution >= 0.6 is 0 Å². The monoisotopic (exact) mass is 245 g/mol. The Morgan fingerprint density at radius 1 is 1.39 bits per heavy atom. The molecule has 5 nitrogen and oxygen atoms in total. The summed E-state index contributed by atoms with van der Waals surface area (Å²) in [6, 6.07) is 2.39. The minimum atomic E-state index is 0.261. The highest BCUT2D eigenvalue weighted by Gasteiger charge is 2.18. The van der Waals surface area contributed by atoms with Crippen LogP contribution in [0.4, 0.5) is 5.82 Å². The number of hydrogen-bond donors (Lipinski definition) is 4. The van der Waals surface area contributed by atoms with Crippen LogP contribution < -0.4 is 11.1 Å². The highest BCUT2D eigenvalue weighted by Crippen LogP contribution is 2.19. The summed E-state index contributed by atoms with van der Waals surface area (Å²) in [6.07, 6.45) is 8.71. The Morgan fingerprint density at radius 2 is 2.06 bits per heavy atom. The van der Waals surface area contributed by atoms with Gasteiger partial charge in [-0.15, -0.1) is 0 Å². The fourth-order valence-corrected chi connectivity index (χ4v) is 2.50. The molecule has 0 radical (unpaired) electrons. The number of anilines is 1. The molecule has 18 heavy (non-hydrogen) atoms. The van der Waals surface area contributed by atoms with Crippen LogP contribution in [-0.2, 0) is 0 Å². The van der Waals surface area contributed by atoms with E-state index in [9.17, 15) is 0 Å². The minimum absolute atomic E-state index is 0.261. The first-order chi connectivity index (χ1) is 8.72. The van der Waals surface area contributed by atoms with E-state index in [1.807, 2.05) is 0 Å². The van der Waals surface area contributed by atoms with Crippen molar-refractivity contribution in [2.75, 3.05) is 5.73 Å². The van der Waals surface area contributed by atoms with Crippen molar-refractivity contribution in [3.63, 3.8) is 0 Å². The van der Waals surface area contributed by atoms with Gasteiger partial charge in [-0.1, -0.05) is 25.7 Å². The molecule has 0 aromatic carbocycles. The van der Waals surface area contributed by atoms with Crippen LogP contribution in [0.1, 0.15) is 49.7 Å². The number of nitrogens with two attached hydrogens (primary N) is 1. The summed E-state index contributed by atoms with van der Waals surface area (Å²) < 4.78 is 0. The van der Waals surface area contributed by atoms with E-state index in [2.05, 4.69) is 16.4 Å². The number of nitrogens with zero attached hydrogens (tertiary/aromatic N) is 1. The zero-order valence-corrected chi connectivity index (χ0v) is 10.4. The van der Waals surface area contributed by atoms with Crippen molar-refractivity contribution in [1.29, 1.82) is 10.7 Å². The fourth-order valence-electron chi connectivity index (χ4n) is 2.50. The lowest BCUT2D eigenvalue weighted by Gasteiger charge is -2.18. The SMILES string of the molecule is N#Cc1c[nH]c(N)c1C(=N)NC1CCCCCC1. The molecule has 1 aliphatic rings. The number of nitrogens with one attached hydrogen (secondary N) is 3. The first kappa shape index (κ1) is 12.5. The Morgan fingerprint density at radius 3 is 2.67 bits per heavy atom. The van der Waals surface area contributed by atoms with Gasteiger partial charge in [-0.05, 0) is 12.8 Å². The predicted molar refractivity (Wildman–Crippen MR) is 71.4 cm³/mol. The number of nitrogen functional groups attached to an aromatic ring is 1. The van der Waals surface area contributed by atoms with Crippen LogP contribution in [0.25, 0.3) is 0 Å². The molecule has 5 heteroatoms. The van der Waals surface area contributed by atoms with E-state index in [0.29, 0.717) is 23.0 Å². The van der Waals surface area contributed by atoms with Crippen molar-refractivity contribution in [2.45, 2.75) is 44.6 Å². The number of H-pyrrole nitrogens is 1. The second-order valence-corrected chi connectivity index (χ2v) is 4.81. The molecule has 0 amide bonds. The standard InChI is InChI=1S/C13H19N5/c14-7-9-8-17-12(15)11(9)13(16)18-10-5-3-1-2-4-6-10/h8,10,17H,1-6,15H2,(H2,16,18). The summed E-state index contributed by atoms with van der Waals surface area (Å²) in [7, 11) is 0. The van der Waals surface area contributed by atoms with Gasteiger partial charge in [0.2, 0.25) is 0 Å². The van der Waals surface area contributed by atoms with Gasteiger partial charge in [0.15, 0.2) is 0 Å². The number of amidine groups is 1. The summed E-state index contributed by atoms with van der Waals surface area (Å²) in [5.41, 5.74) is 6.70. The predicted octanol–water partition coefficient (Wildman–Crippen LogP) is 2.11. The van der Waals surface area contributed by atoms with Gasteiger partial charge < -0.3 is 16.0 Å². The van der Waals surface area contributed by atoms with Gasteiger partial charge >= 0.3 is 0 Å². The van der Waals surface area contributed by atoms with Gasteiger partial charge in [-0.25, -0.2) is 0 Å². The van der Waals surface area contributed by atoms with Crippen molar-refractivity contribution in [3.8, 4) is 6.07 Å². The lowest BCUT2D eigenvalue weighted by Crippen LogP contribution is -2.35. The van der Waals surface area contributed by atoms with Gasteiger partial charge in [0.1, 0.15) is 17.7 Å². The zero-order valence-electron chi connectivity index (χ0n) is 10.4. The van der Waals surface area contributed by atoms with Crippen LogP contribution in [0.15, 0.2) is 6.20 Å². The molecular weight excluding hydrogens is 226 g/mol. The van der Waals surface area contributed by atoms with Crippen molar-refractivity contribution < 1.29 is 0 Å². The smallest absolute Gasteiger partial charge is 0.130 e. The topological polar surface area (TPSA) is 101 Å². The lowest BCUT2D eigenvalue weighted by molar-refractivity contribution is 0.532. The molecular formula is C13H19N5. The first-order valence-corrected chi connectivity index (χ1v) is 6.44. The van der Waals surface area contributed by atoms with Gasteiger partial charge in [0, 0.05) is 12.2 Å². The summed E-state index contributed by atoms with van der Waals surface area (Å²) >= 11 is 0. The van der Waals surface area contributed by atoms with Gasteiger partial charge in [0.05, 0.1) is 11.1 Å². The van der Waals surface area contributed by atoms with E-state index in [4.69, 9.17) is 16.4 Å². The molecule has 0 aliphatic heterocycles. The highest BCUT2D eigenvalue weighted by atomic mass is 15.0. The third-order valence-electron chi connectivity index (χ3n) is 3.48. The molecule has 1 aromatic rings. The molecule has 0 unspecified atom stereocenters. The number of aromatic nitrogens is 1. The molecule has 1 saturated carbocycles. The average molecular weight is 245 g/mol. The van der Waals surface area contributed by atoms with E-state index in [0.717, 1.165) is 12.8 Å². The van der Waals surface area contributed by atoms with Gasteiger partial charge in [0.25, 0.3) is 0 Å². The summed E-state index contributed by atoms with van der Waals surface area (Å²) in [5.74, 6) is 0.648. The maximum absolute atomic E-state index is 8.98. The maximum atomic E-state index is 8.98. The van der Waals surface area contributed by atoms with Crippen LogP contribution in [0.2, 0.25) is 0 Å². The minimum Gasteiger partial charge on any atom is -0.385 e. The van der Waals surface area contributed by atoms with Gasteiger partial charge in [-0.2, -0.15) is 5.26 Å². The Bertz CT molecular complexity index is 460.